The maximum Gasteiger partial charge on any atom is 0.297 e. The van der Waals surface area contributed by atoms with Crippen LogP contribution >= 0.6 is 0 Å². The lowest BCUT2D eigenvalue weighted by atomic mass is 9.85. The van der Waals surface area contributed by atoms with Gasteiger partial charge < -0.3 is 4.74 Å². The van der Waals surface area contributed by atoms with Crippen LogP contribution in [0, 0.1) is 11.8 Å². The van der Waals surface area contributed by atoms with Crippen molar-refractivity contribution >= 4 is 13.8 Å². The highest BCUT2D eigenvalue weighted by atomic mass is 16.6. The third-order valence-corrected chi connectivity index (χ3v) is 3.61. The van der Waals surface area contributed by atoms with E-state index in [9.17, 15) is 4.79 Å². The second kappa shape index (κ2) is 3.04. The van der Waals surface area contributed by atoms with E-state index in [0.717, 1.165) is 12.3 Å². The van der Waals surface area contributed by atoms with Crippen molar-refractivity contribution in [3.63, 3.8) is 0 Å². The number of carbonyl (C=O) groups excluding carboxylic acids is 1. The van der Waals surface area contributed by atoms with E-state index in [1.54, 1.807) is 0 Å². The van der Waals surface area contributed by atoms with Crippen LogP contribution in [0.15, 0.2) is 0 Å². The van der Waals surface area contributed by atoms with Gasteiger partial charge in [0.1, 0.15) is 5.60 Å². The molecule has 0 aromatic heterocycles. The highest BCUT2D eigenvalue weighted by Crippen LogP contribution is 2.52. The Balaban J connectivity index is 2.01. The topological polar surface area (TPSA) is 26.3 Å². The molecule has 2 aliphatic carbocycles. The van der Waals surface area contributed by atoms with E-state index in [0.29, 0.717) is 5.92 Å². The molecule has 2 aliphatic rings. The minimum absolute atomic E-state index is 0.00692. The molecule has 0 aromatic rings. The van der Waals surface area contributed by atoms with E-state index in [-0.39, 0.29) is 17.9 Å². The fraction of sp³-hybridized carbons (Fsp3) is 0.900. The van der Waals surface area contributed by atoms with Gasteiger partial charge in [-0.3, -0.25) is 4.79 Å². The lowest BCUT2D eigenvalue weighted by Crippen LogP contribution is -2.37. The molecule has 2 radical (unpaired) electrons. The number of rotatable bonds is 2. The third kappa shape index (κ3) is 1.49. The second-order valence-corrected chi connectivity index (χ2v) is 4.57. The molecule has 0 N–H and O–H groups in total. The predicted molar refractivity (Wildman–Crippen MR) is 50.5 cm³/mol. The molecule has 0 saturated heterocycles. The summed E-state index contributed by atoms with van der Waals surface area (Å²) >= 11 is 0. The van der Waals surface area contributed by atoms with Crippen molar-refractivity contribution < 1.29 is 9.53 Å². The Kier molecular flexibility index (Phi) is 2.13. The Labute approximate surface area is 80.4 Å². The number of hydrogen-bond acceptors (Lipinski definition) is 2. The van der Waals surface area contributed by atoms with Crippen LogP contribution in [0.25, 0.3) is 0 Å². The summed E-state index contributed by atoms with van der Waals surface area (Å²) in [6.45, 7) is 2.06. The molecule has 3 unspecified atom stereocenters. The van der Waals surface area contributed by atoms with Crippen molar-refractivity contribution in [2.45, 2.75) is 44.5 Å². The number of esters is 1. The lowest BCUT2D eigenvalue weighted by molar-refractivity contribution is -0.160. The maximum atomic E-state index is 11.1. The molecule has 0 amide bonds. The molecule has 13 heavy (non-hydrogen) atoms. The number of ether oxygens (including phenoxy) is 1. The van der Waals surface area contributed by atoms with Gasteiger partial charge in [-0.25, -0.2) is 0 Å². The Bertz CT molecular complexity index is 229. The van der Waals surface area contributed by atoms with Crippen LogP contribution in [0.2, 0.25) is 6.32 Å². The van der Waals surface area contributed by atoms with Gasteiger partial charge in [-0.2, -0.15) is 0 Å². The van der Waals surface area contributed by atoms with Crippen molar-refractivity contribution in [1.29, 1.82) is 0 Å². The van der Waals surface area contributed by atoms with Crippen LogP contribution in [-0.4, -0.2) is 19.4 Å². The number of carbonyl (C=O) groups is 1. The normalized spacial score (nSPS) is 42.2. The van der Waals surface area contributed by atoms with E-state index in [4.69, 9.17) is 12.6 Å². The van der Waals surface area contributed by atoms with Gasteiger partial charge in [0, 0.05) is 6.32 Å². The van der Waals surface area contributed by atoms with Crippen LogP contribution in [0.3, 0.4) is 0 Å². The molecule has 0 spiro atoms. The fourth-order valence-corrected chi connectivity index (χ4v) is 2.98. The van der Waals surface area contributed by atoms with Crippen molar-refractivity contribution in [3.05, 3.63) is 0 Å². The molecule has 2 bridgehead atoms. The Morgan fingerprint density at radius 3 is 2.85 bits per heavy atom. The van der Waals surface area contributed by atoms with Crippen LogP contribution in [0.4, 0.5) is 0 Å². The summed E-state index contributed by atoms with van der Waals surface area (Å²) in [6.07, 6.45) is 4.84. The summed E-state index contributed by atoms with van der Waals surface area (Å²) in [6, 6.07) is 0. The van der Waals surface area contributed by atoms with E-state index in [1.807, 2.05) is 0 Å². The number of fused-ring (bicyclic) bond motifs is 2. The van der Waals surface area contributed by atoms with Gasteiger partial charge in [-0.1, -0.05) is 0 Å². The van der Waals surface area contributed by atoms with Gasteiger partial charge in [0.05, 0.1) is 7.85 Å². The molecule has 2 fully saturated rings. The molecule has 0 aliphatic heterocycles. The average molecular weight is 178 g/mol. The SMILES string of the molecule is [B]CC(=O)OC1(C)CC2CCC1C2. The predicted octanol–water partition coefficient (Wildman–Crippen LogP) is 1.70. The largest absolute Gasteiger partial charge is 0.460 e. The molecule has 0 heterocycles. The van der Waals surface area contributed by atoms with Gasteiger partial charge >= 0.3 is 0 Å². The van der Waals surface area contributed by atoms with E-state index in [2.05, 4.69) is 6.92 Å². The quantitative estimate of drug-likeness (QED) is 0.475. The zero-order valence-electron chi connectivity index (χ0n) is 8.08. The standard InChI is InChI=1S/C10H15BO2/c1-10(13-9(12)6-11)5-7-2-3-8(10)4-7/h7-8H,2-6H2,1H3. The minimum atomic E-state index is -0.255. The summed E-state index contributed by atoms with van der Waals surface area (Å²) in [5.41, 5.74) is -0.195. The van der Waals surface area contributed by atoms with Crippen molar-refractivity contribution in [2.75, 3.05) is 0 Å². The van der Waals surface area contributed by atoms with E-state index >= 15 is 0 Å². The molecule has 70 valence electrons. The fourth-order valence-electron chi connectivity index (χ4n) is 2.98. The monoisotopic (exact) mass is 178 g/mol. The first-order valence-electron chi connectivity index (χ1n) is 5.06. The summed E-state index contributed by atoms with van der Waals surface area (Å²) < 4.78 is 5.42. The molecule has 3 atom stereocenters. The first-order chi connectivity index (χ1) is 6.14. The summed E-state index contributed by atoms with van der Waals surface area (Å²) in [7, 11) is 5.23. The molecular weight excluding hydrogens is 163 g/mol. The average Bonchev–Trinajstić information content (AvgIpc) is 2.62. The molecule has 2 saturated carbocycles. The third-order valence-electron chi connectivity index (χ3n) is 3.61. The Morgan fingerprint density at radius 1 is 1.62 bits per heavy atom. The zero-order chi connectivity index (χ0) is 9.47. The van der Waals surface area contributed by atoms with Crippen LogP contribution < -0.4 is 0 Å². The summed E-state index contributed by atoms with van der Waals surface area (Å²) in [4.78, 5) is 11.1. The van der Waals surface area contributed by atoms with Gasteiger partial charge in [0.2, 0.25) is 0 Å². The minimum Gasteiger partial charge on any atom is -0.460 e. The van der Waals surface area contributed by atoms with E-state index in [1.165, 1.54) is 19.3 Å². The maximum absolute atomic E-state index is 11.1. The van der Waals surface area contributed by atoms with Crippen molar-refractivity contribution in [3.8, 4) is 0 Å². The van der Waals surface area contributed by atoms with Crippen LogP contribution in [0.1, 0.15) is 32.6 Å². The zero-order valence-corrected chi connectivity index (χ0v) is 8.08. The summed E-state index contributed by atoms with van der Waals surface area (Å²) in [5, 5.41) is 0. The smallest absolute Gasteiger partial charge is 0.297 e. The highest BCUT2D eigenvalue weighted by Gasteiger charge is 2.50. The van der Waals surface area contributed by atoms with E-state index < -0.39 is 0 Å². The highest BCUT2D eigenvalue weighted by molar-refractivity contribution is 6.18. The van der Waals surface area contributed by atoms with Gasteiger partial charge in [0.15, 0.2) is 0 Å². The first kappa shape index (κ1) is 9.10. The molecule has 3 heteroatoms. The van der Waals surface area contributed by atoms with Crippen molar-refractivity contribution in [2.24, 2.45) is 11.8 Å². The molecule has 2 rings (SSSR count). The van der Waals surface area contributed by atoms with Crippen LogP contribution in [-0.2, 0) is 9.53 Å². The summed E-state index contributed by atoms with van der Waals surface area (Å²) in [5.74, 6) is 1.13. The number of hydrogen-bond donors (Lipinski definition) is 0. The first-order valence-corrected chi connectivity index (χ1v) is 5.06. The Hall–Kier alpha value is -0.465. The van der Waals surface area contributed by atoms with Crippen molar-refractivity contribution in [1.82, 2.24) is 0 Å². The van der Waals surface area contributed by atoms with Gasteiger partial charge in [0.25, 0.3) is 5.97 Å². The second-order valence-electron chi connectivity index (χ2n) is 4.57. The molecule has 2 nitrogen and oxygen atoms in total. The molecule has 0 aromatic carbocycles. The molecular formula is C10H15BO2. The Morgan fingerprint density at radius 2 is 2.38 bits per heavy atom. The lowest BCUT2D eigenvalue weighted by Gasteiger charge is -2.33. The van der Waals surface area contributed by atoms with Crippen LogP contribution in [0.5, 0.6) is 0 Å². The van der Waals surface area contributed by atoms with Gasteiger partial charge in [-0.15, -0.1) is 0 Å². The van der Waals surface area contributed by atoms with Gasteiger partial charge in [-0.05, 0) is 44.4 Å².